The molecule has 0 saturated carbocycles. The maximum atomic E-state index is 12.9. The van der Waals surface area contributed by atoms with Gasteiger partial charge in [-0.1, -0.05) is 35.3 Å². The third-order valence-electron chi connectivity index (χ3n) is 6.10. The number of morpholine rings is 1. The molecule has 0 unspecified atom stereocenters. The lowest BCUT2D eigenvalue weighted by Gasteiger charge is -2.27. The Morgan fingerprint density at radius 1 is 1.09 bits per heavy atom. The molecule has 2 aromatic carbocycles. The monoisotopic (exact) mass is 518 g/mol. The maximum Gasteiger partial charge on any atom is 0.411 e. The van der Waals surface area contributed by atoms with E-state index in [4.69, 9.17) is 27.9 Å². The zero-order valence-corrected chi connectivity index (χ0v) is 20.8. The van der Waals surface area contributed by atoms with Gasteiger partial charge in [-0.2, -0.15) is 5.10 Å². The number of rotatable bonds is 8. The summed E-state index contributed by atoms with van der Waals surface area (Å²) in [6.07, 6.45) is 0.409. The van der Waals surface area contributed by atoms with E-state index in [0.29, 0.717) is 54.9 Å². The molecule has 0 atom stereocenters. The SMILES string of the molecule is O=C(Cc1cccc(N(CCCN2CCOCC2)C(=O)O)c1)N1CCC(c2cc(Cl)ccc2Cl)=N1. The van der Waals surface area contributed by atoms with Crippen LogP contribution in [0.1, 0.15) is 24.0 Å². The van der Waals surface area contributed by atoms with Gasteiger partial charge in [0.15, 0.2) is 0 Å². The number of hydrazone groups is 1. The van der Waals surface area contributed by atoms with Crippen molar-refractivity contribution in [2.24, 2.45) is 5.10 Å². The normalized spacial score (nSPS) is 16.3. The zero-order valence-electron chi connectivity index (χ0n) is 19.3. The number of anilines is 1. The van der Waals surface area contributed by atoms with Crippen LogP contribution in [0.3, 0.4) is 0 Å². The number of hydrogen-bond acceptors (Lipinski definition) is 5. The number of carbonyl (C=O) groups is 2. The Hall–Kier alpha value is -2.65. The van der Waals surface area contributed by atoms with Gasteiger partial charge in [-0.3, -0.25) is 14.6 Å². The van der Waals surface area contributed by atoms with Gasteiger partial charge in [0.1, 0.15) is 0 Å². The third kappa shape index (κ3) is 6.73. The van der Waals surface area contributed by atoms with Crippen molar-refractivity contribution in [1.29, 1.82) is 0 Å². The smallest absolute Gasteiger partial charge is 0.411 e. The summed E-state index contributed by atoms with van der Waals surface area (Å²) in [5.41, 5.74) is 2.74. The van der Waals surface area contributed by atoms with Crippen LogP contribution in [-0.2, 0) is 16.0 Å². The van der Waals surface area contributed by atoms with Crippen LogP contribution in [0.5, 0.6) is 0 Å². The van der Waals surface area contributed by atoms with E-state index in [1.807, 2.05) is 6.07 Å². The van der Waals surface area contributed by atoms with Crippen LogP contribution in [0.15, 0.2) is 47.6 Å². The summed E-state index contributed by atoms with van der Waals surface area (Å²) in [6.45, 7) is 4.82. The van der Waals surface area contributed by atoms with E-state index in [-0.39, 0.29) is 12.3 Å². The Bertz CT molecular complexity index is 1100. The lowest BCUT2D eigenvalue weighted by Crippen LogP contribution is -2.39. The largest absolute Gasteiger partial charge is 0.465 e. The van der Waals surface area contributed by atoms with E-state index in [9.17, 15) is 14.7 Å². The predicted octanol–water partition coefficient (Wildman–Crippen LogP) is 4.38. The van der Waals surface area contributed by atoms with Gasteiger partial charge >= 0.3 is 6.09 Å². The molecule has 35 heavy (non-hydrogen) atoms. The van der Waals surface area contributed by atoms with Crippen molar-refractivity contribution in [2.75, 3.05) is 50.8 Å². The Morgan fingerprint density at radius 2 is 1.89 bits per heavy atom. The molecule has 0 spiro atoms. The summed E-state index contributed by atoms with van der Waals surface area (Å²) >= 11 is 12.4. The molecule has 8 nitrogen and oxygen atoms in total. The van der Waals surface area contributed by atoms with E-state index < -0.39 is 6.09 Å². The van der Waals surface area contributed by atoms with Crippen LogP contribution in [0.2, 0.25) is 10.0 Å². The minimum Gasteiger partial charge on any atom is -0.465 e. The molecule has 2 aliphatic heterocycles. The van der Waals surface area contributed by atoms with Crippen LogP contribution in [0, 0.1) is 0 Å². The van der Waals surface area contributed by atoms with Gasteiger partial charge in [0.25, 0.3) is 0 Å². The van der Waals surface area contributed by atoms with Gasteiger partial charge in [0.2, 0.25) is 5.91 Å². The minimum atomic E-state index is -1.01. The Labute approximate surface area is 214 Å². The third-order valence-corrected chi connectivity index (χ3v) is 6.66. The first kappa shape index (κ1) is 25.4. The Kier molecular flexibility index (Phi) is 8.62. The highest BCUT2D eigenvalue weighted by atomic mass is 35.5. The van der Waals surface area contributed by atoms with Crippen molar-refractivity contribution in [3.63, 3.8) is 0 Å². The maximum absolute atomic E-state index is 12.9. The lowest BCUT2D eigenvalue weighted by molar-refractivity contribution is -0.130. The summed E-state index contributed by atoms with van der Waals surface area (Å²) in [5, 5.41) is 16.8. The molecule has 2 aliphatic rings. The fourth-order valence-corrected chi connectivity index (χ4v) is 4.66. The van der Waals surface area contributed by atoms with Gasteiger partial charge < -0.3 is 9.84 Å². The van der Waals surface area contributed by atoms with E-state index in [2.05, 4.69) is 10.0 Å². The van der Waals surface area contributed by atoms with Crippen LogP contribution >= 0.6 is 23.2 Å². The second-order valence-electron chi connectivity index (χ2n) is 8.53. The average Bonchev–Trinajstić information content (AvgIpc) is 3.34. The fourth-order valence-electron chi connectivity index (χ4n) is 4.26. The van der Waals surface area contributed by atoms with E-state index in [1.54, 1.807) is 36.4 Å². The minimum absolute atomic E-state index is 0.120. The molecule has 0 bridgehead atoms. The summed E-state index contributed by atoms with van der Waals surface area (Å²) in [7, 11) is 0. The van der Waals surface area contributed by atoms with Crippen molar-refractivity contribution >= 4 is 46.6 Å². The molecular weight excluding hydrogens is 491 g/mol. The molecule has 2 heterocycles. The highest BCUT2D eigenvalue weighted by molar-refractivity contribution is 6.36. The Morgan fingerprint density at radius 3 is 2.66 bits per heavy atom. The molecule has 1 fully saturated rings. The quantitative estimate of drug-likeness (QED) is 0.560. The number of nitrogens with zero attached hydrogens (tertiary/aromatic N) is 4. The van der Waals surface area contributed by atoms with Crippen LogP contribution in [0.25, 0.3) is 0 Å². The number of carbonyl (C=O) groups excluding carboxylic acids is 1. The van der Waals surface area contributed by atoms with Gasteiger partial charge in [-0.15, -0.1) is 0 Å². The van der Waals surface area contributed by atoms with Gasteiger partial charge in [0, 0.05) is 53.9 Å². The lowest BCUT2D eigenvalue weighted by atomic mass is 10.1. The molecular formula is C25H28Cl2N4O4. The highest BCUT2D eigenvalue weighted by Gasteiger charge is 2.24. The molecule has 0 aromatic heterocycles. The number of hydrogen-bond donors (Lipinski definition) is 1. The molecule has 2 amide bonds. The number of benzene rings is 2. The zero-order chi connectivity index (χ0) is 24.8. The van der Waals surface area contributed by atoms with Crippen LogP contribution in [0.4, 0.5) is 10.5 Å². The topological polar surface area (TPSA) is 85.7 Å². The van der Waals surface area contributed by atoms with Gasteiger partial charge in [-0.25, -0.2) is 9.80 Å². The van der Waals surface area contributed by atoms with Gasteiger partial charge in [0.05, 0.1) is 31.9 Å². The summed E-state index contributed by atoms with van der Waals surface area (Å²) in [5.74, 6) is -0.163. The van der Waals surface area contributed by atoms with Gasteiger partial charge in [-0.05, 0) is 42.3 Å². The molecule has 0 radical (unpaired) electrons. The van der Waals surface area contributed by atoms with Crippen LogP contribution < -0.4 is 4.90 Å². The first-order valence-electron chi connectivity index (χ1n) is 11.6. The second kappa shape index (κ2) is 11.9. The van der Waals surface area contributed by atoms with Crippen molar-refractivity contribution < 1.29 is 19.4 Å². The van der Waals surface area contributed by atoms with E-state index in [0.717, 1.165) is 36.5 Å². The number of halogens is 2. The molecule has 1 N–H and O–H groups in total. The first-order chi connectivity index (χ1) is 16.9. The van der Waals surface area contributed by atoms with Crippen molar-refractivity contribution in [1.82, 2.24) is 9.91 Å². The summed E-state index contributed by atoms with van der Waals surface area (Å²) in [6, 6.07) is 12.3. The van der Waals surface area contributed by atoms with E-state index >= 15 is 0 Å². The molecule has 1 saturated heterocycles. The van der Waals surface area contributed by atoms with Crippen molar-refractivity contribution in [2.45, 2.75) is 19.3 Å². The van der Waals surface area contributed by atoms with Crippen molar-refractivity contribution in [3.8, 4) is 0 Å². The molecule has 2 aromatic rings. The highest BCUT2D eigenvalue weighted by Crippen LogP contribution is 2.25. The number of amides is 2. The molecule has 186 valence electrons. The predicted molar refractivity (Wildman–Crippen MR) is 137 cm³/mol. The van der Waals surface area contributed by atoms with Crippen LogP contribution in [-0.4, -0.2) is 78.7 Å². The van der Waals surface area contributed by atoms with E-state index in [1.165, 1.54) is 9.91 Å². The molecule has 10 heteroatoms. The summed E-state index contributed by atoms with van der Waals surface area (Å²) in [4.78, 5) is 28.5. The Balaban J connectivity index is 1.38. The second-order valence-corrected chi connectivity index (χ2v) is 9.37. The fraction of sp³-hybridized carbons (Fsp3) is 0.400. The average molecular weight is 519 g/mol. The standard InChI is InChI=1S/C25H28Cl2N4O4/c26-19-5-6-22(27)21(17-19)23-7-10-31(28-23)24(32)16-18-3-1-4-20(15-18)30(25(33)34)9-2-8-29-11-13-35-14-12-29/h1,3-6,15,17H,2,7-14,16H2,(H,33,34). The molecule has 4 rings (SSSR count). The number of ether oxygens (including phenoxy) is 1. The number of carboxylic acid groups (broad SMARTS) is 1. The summed E-state index contributed by atoms with van der Waals surface area (Å²) < 4.78 is 5.36. The van der Waals surface area contributed by atoms with Crippen molar-refractivity contribution in [3.05, 3.63) is 63.6 Å². The molecule has 0 aliphatic carbocycles. The first-order valence-corrected chi connectivity index (χ1v) is 12.4.